The van der Waals surface area contributed by atoms with Gasteiger partial charge >= 0.3 is 0 Å². The summed E-state index contributed by atoms with van der Waals surface area (Å²) in [5.74, 6) is -2.54. The molecule has 0 saturated carbocycles. The number of nitriles is 1. The van der Waals surface area contributed by atoms with E-state index < -0.39 is 5.92 Å². The van der Waals surface area contributed by atoms with Gasteiger partial charge in [0.05, 0.1) is 29.2 Å². The Balaban J connectivity index is 1.34. The van der Waals surface area contributed by atoms with Crippen LogP contribution in [0.2, 0.25) is 0 Å². The molecule has 2 fully saturated rings. The van der Waals surface area contributed by atoms with Crippen molar-refractivity contribution in [3.05, 3.63) is 52.2 Å². The first kappa shape index (κ1) is 29.1. The van der Waals surface area contributed by atoms with Crippen LogP contribution in [0.25, 0.3) is 11.0 Å². The van der Waals surface area contributed by atoms with Gasteiger partial charge < -0.3 is 9.47 Å². The average Bonchev–Trinajstić information content (AvgIpc) is 3.40. The molecule has 0 spiro atoms. The van der Waals surface area contributed by atoms with E-state index >= 15 is 0 Å². The predicted octanol–water partition coefficient (Wildman–Crippen LogP) is 4.33. The molecule has 220 valence electrons. The van der Waals surface area contributed by atoms with Gasteiger partial charge in [-0.25, -0.2) is 8.78 Å². The summed E-state index contributed by atoms with van der Waals surface area (Å²) in [5.41, 5.74) is 4.25. The van der Waals surface area contributed by atoms with Gasteiger partial charge in [-0.05, 0) is 31.4 Å². The maximum atomic E-state index is 13.5. The summed E-state index contributed by atoms with van der Waals surface area (Å²) in [6.07, 6.45) is 5.38. The smallest absolute Gasteiger partial charge is 0.252 e. The molecule has 2 aliphatic rings. The van der Waals surface area contributed by atoms with Crippen LogP contribution in [-0.4, -0.2) is 73.3 Å². The quantitative estimate of drug-likeness (QED) is 0.401. The standard InChI is InChI=1S/C30H40F2N8O/c1-5-24-19-40(26-15-28(41)36(4)27-20-38(14-11-33)35-29(26)27)25(6-2)18-39(24)21(3)22-7-8-23(34-16-22)17-37-12-9-30(31,32)10-13-37/h7-8,15-16,20-21,24-25H,5-6,9-10,12-14,17-19H2,1-4H3/t21-,24-,25+/m1/s1. The van der Waals surface area contributed by atoms with E-state index in [1.807, 2.05) is 12.3 Å². The molecule has 3 atom stereocenters. The summed E-state index contributed by atoms with van der Waals surface area (Å²) in [7, 11) is 1.74. The Hall–Kier alpha value is -3.36. The van der Waals surface area contributed by atoms with Crippen molar-refractivity contribution in [1.82, 2.24) is 29.1 Å². The third-order valence-corrected chi connectivity index (χ3v) is 8.96. The lowest BCUT2D eigenvalue weighted by Gasteiger charge is -2.49. The monoisotopic (exact) mass is 566 g/mol. The second-order valence-corrected chi connectivity index (χ2v) is 11.5. The highest BCUT2D eigenvalue weighted by atomic mass is 19.3. The third-order valence-electron chi connectivity index (χ3n) is 8.96. The van der Waals surface area contributed by atoms with Gasteiger partial charge in [-0.15, -0.1) is 0 Å². The van der Waals surface area contributed by atoms with Gasteiger partial charge in [0, 0.05) is 83.0 Å². The third kappa shape index (κ3) is 5.99. The molecule has 3 aromatic heterocycles. The molecular weight excluding hydrogens is 526 g/mol. The van der Waals surface area contributed by atoms with E-state index in [1.165, 1.54) is 0 Å². The van der Waals surface area contributed by atoms with Gasteiger partial charge in [0.15, 0.2) is 0 Å². The molecule has 9 nitrogen and oxygen atoms in total. The van der Waals surface area contributed by atoms with Gasteiger partial charge in [-0.3, -0.25) is 24.3 Å². The summed E-state index contributed by atoms with van der Waals surface area (Å²) >= 11 is 0. The summed E-state index contributed by atoms with van der Waals surface area (Å²) in [5, 5.41) is 13.9. The number of hydrogen-bond donors (Lipinski definition) is 0. The molecule has 0 unspecified atom stereocenters. The molecule has 2 aliphatic heterocycles. The van der Waals surface area contributed by atoms with E-state index in [2.05, 4.69) is 52.7 Å². The van der Waals surface area contributed by atoms with Gasteiger partial charge in [0.1, 0.15) is 12.1 Å². The van der Waals surface area contributed by atoms with Crippen molar-refractivity contribution >= 4 is 16.7 Å². The largest absolute Gasteiger partial charge is 0.364 e. The predicted molar refractivity (Wildman–Crippen MR) is 155 cm³/mol. The molecule has 5 heterocycles. The summed E-state index contributed by atoms with van der Waals surface area (Å²) in [6.45, 7) is 9.68. The molecule has 11 heteroatoms. The van der Waals surface area contributed by atoms with E-state index in [4.69, 9.17) is 4.98 Å². The van der Waals surface area contributed by atoms with Gasteiger partial charge in [0.25, 0.3) is 11.5 Å². The first-order chi connectivity index (χ1) is 19.6. The second-order valence-electron chi connectivity index (χ2n) is 11.5. The fourth-order valence-corrected chi connectivity index (χ4v) is 6.30. The number of aryl methyl sites for hydroxylation is 1. The molecule has 0 N–H and O–H groups in total. The molecule has 0 amide bonds. The zero-order valence-electron chi connectivity index (χ0n) is 24.4. The molecule has 3 aromatic rings. The number of aromatic nitrogens is 4. The van der Waals surface area contributed by atoms with Crippen molar-refractivity contribution in [2.45, 2.75) is 83.6 Å². The zero-order chi connectivity index (χ0) is 29.3. The van der Waals surface area contributed by atoms with Crippen LogP contribution in [0, 0.1) is 11.3 Å². The molecule has 0 aromatic carbocycles. The Morgan fingerprint density at radius 3 is 2.51 bits per heavy atom. The number of hydrogen-bond acceptors (Lipinski definition) is 7. The lowest BCUT2D eigenvalue weighted by molar-refractivity contribution is -0.0568. The van der Waals surface area contributed by atoms with Crippen LogP contribution in [0.5, 0.6) is 0 Å². The van der Waals surface area contributed by atoms with E-state index in [1.54, 1.807) is 28.6 Å². The van der Waals surface area contributed by atoms with E-state index in [-0.39, 0.29) is 43.1 Å². The molecule has 0 aliphatic carbocycles. The van der Waals surface area contributed by atoms with E-state index in [0.29, 0.717) is 19.6 Å². The number of nitrogens with zero attached hydrogens (tertiary/aromatic N) is 8. The van der Waals surface area contributed by atoms with Crippen molar-refractivity contribution in [2.24, 2.45) is 7.05 Å². The average molecular weight is 567 g/mol. The highest BCUT2D eigenvalue weighted by Crippen LogP contribution is 2.34. The van der Waals surface area contributed by atoms with Crippen molar-refractivity contribution in [3.8, 4) is 6.07 Å². The molecule has 2 saturated heterocycles. The van der Waals surface area contributed by atoms with E-state index in [9.17, 15) is 18.8 Å². The van der Waals surface area contributed by atoms with Crippen LogP contribution >= 0.6 is 0 Å². The molecule has 0 bridgehead atoms. The number of piperazine rings is 1. The van der Waals surface area contributed by atoms with Gasteiger partial charge in [0.2, 0.25) is 0 Å². The van der Waals surface area contributed by atoms with Crippen LogP contribution in [-0.2, 0) is 20.1 Å². The van der Waals surface area contributed by atoms with Crippen molar-refractivity contribution < 1.29 is 8.78 Å². The second kappa shape index (κ2) is 11.9. The topological polar surface area (TPSA) is 86.2 Å². The number of alkyl halides is 2. The van der Waals surface area contributed by atoms with Crippen molar-refractivity contribution in [1.29, 1.82) is 5.26 Å². The number of piperidine rings is 1. The van der Waals surface area contributed by atoms with Crippen molar-refractivity contribution in [3.63, 3.8) is 0 Å². The zero-order valence-corrected chi connectivity index (χ0v) is 24.4. The number of anilines is 1. The van der Waals surface area contributed by atoms with Gasteiger partial charge in [-0.2, -0.15) is 10.4 Å². The minimum atomic E-state index is -2.54. The fraction of sp³-hybridized carbons (Fsp3) is 0.600. The normalized spacial score (nSPS) is 22.6. The van der Waals surface area contributed by atoms with Gasteiger partial charge in [-0.1, -0.05) is 19.9 Å². The van der Waals surface area contributed by atoms with Crippen LogP contribution in [0.1, 0.15) is 63.8 Å². The Morgan fingerprint density at radius 2 is 1.88 bits per heavy atom. The summed E-state index contributed by atoms with van der Waals surface area (Å²) < 4.78 is 30.2. The number of likely N-dealkylation sites (tertiary alicyclic amines) is 1. The molecule has 41 heavy (non-hydrogen) atoms. The van der Waals surface area contributed by atoms with E-state index in [0.717, 1.165) is 53.9 Å². The van der Waals surface area contributed by atoms with Crippen LogP contribution in [0.3, 0.4) is 0 Å². The first-order valence-corrected chi connectivity index (χ1v) is 14.7. The molecular formula is C30H40F2N8O. The SMILES string of the molecule is CC[C@H]1CN([C@H](C)c2ccc(CN3CCC(F)(F)CC3)nc2)[C@H](CC)CN1c1cc(=O)n(C)c2cn(CC#N)nc12. The minimum Gasteiger partial charge on any atom is -0.364 e. The molecule has 0 radical (unpaired) electrons. The highest BCUT2D eigenvalue weighted by molar-refractivity contribution is 5.88. The first-order valence-electron chi connectivity index (χ1n) is 14.7. The Kier molecular flexibility index (Phi) is 8.43. The number of halogens is 2. The lowest BCUT2D eigenvalue weighted by atomic mass is 9.97. The number of rotatable bonds is 8. The van der Waals surface area contributed by atoms with Crippen LogP contribution in [0.15, 0.2) is 35.4 Å². The van der Waals surface area contributed by atoms with Crippen LogP contribution in [0.4, 0.5) is 14.5 Å². The number of pyridine rings is 2. The Labute approximate surface area is 240 Å². The lowest BCUT2D eigenvalue weighted by Crippen LogP contribution is -2.58. The highest BCUT2D eigenvalue weighted by Gasteiger charge is 2.37. The molecule has 5 rings (SSSR count). The Bertz CT molecular complexity index is 1450. The number of fused-ring (bicyclic) bond motifs is 1. The maximum Gasteiger partial charge on any atom is 0.252 e. The van der Waals surface area contributed by atoms with Crippen LogP contribution < -0.4 is 10.5 Å². The maximum absolute atomic E-state index is 13.5. The Morgan fingerprint density at radius 1 is 1.15 bits per heavy atom. The van der Waals surface area contributed by atoms with Crippen molar-refractivity contribution in [2.75, 3.05) is 31.1 Å². The fourth-order valence-electron chi connectivity index (χ4n) is 6.30. The summed E-state index contributed by atoms with van der Waals surface area (Å²) in [4.78, 5) is 24.6. The minimum absolute atomic E-state index is 0.0874. The summed E-state index contributed by atoms with van der Waals surface area (Å²) in [6, 6.07) is 8.55.